The molecule has 2 saturated carbocycles. The molecule has 2 fully saturated rings. The molecule has 0 spiro atoms. The highest BCUT2D eigenvalue weighted by Crippen LogP contribution is 2.67. The number of rotatable bonds is 6. The first-order chi connectivity index (χ1) is 11.9. The molecule has 25 heavy (non-hydrogen) atoms. The Labute approximate surface area is 177 Å². The van der Waals surface area contributed by atoms with Gasteiger partial charge in [-0.05, 0) is 36.8 Å². The van der Waals surface area contributed by atoms with E-state index in [0.717, 1.165) is 36.8 Å². The zero-order valence-electron chi connectivity index (χ0n) is 13.7. The predicted octanol–water partition coefficient (Wildman–Crippen LogP) is 5.82. The summed E-state index contributed by atoms with van der Waals surface area (Å²) < 4.78 is 26.5. The van der Waals surface area contributed by atoms with Crippen LogP contribution in [-0.4, -0.2) is 17.9 Å². The van der Waals surface area contributed by atoms with Gasteiger partial charge in [-0.3, -0.25) is 0 Å². The number of alkyl halides is 2. The van der Waals surface area contributed by atoms with Crippen LogP contribution >= 0.6 is 45.2 Å². The third kappa shape index (κ3) is 2.79. The summed E-state index contributed by atoms with van der Waals surface area (Å²) in [5, 5.41) is 0. The molecule has 2 aliphatic rings. The summed E-state index contributed by atoms with van der Waals surface area (Å²) in [6.07, 6.45) is 3.16. The molecular formula is C20H20I2O2S. The van der Waals surface area contributed by atoms with E-state index in [0.29, 0.717) is 0 Å². The average Bonchev–Trinajstić information content (AvgIpc) is 3.55. The van der Waals surface area contributed by atoms with Crippen LogP contribution < -0.4 is 0 Å². The zero-order valence-corrected chi connectivity index (χ0v) is 18.9. The third-order valence-corrected chi connectivity index (χ3v) is 13.8. The number of halogens is 2. The van der Waals surface area contributed by atoms with Crippen LogP contribution in [0, 0.1) is 0 Å². The Bertz CT molecular complexity index is 790. The van der Waals surface area contributed by atoms with E-state index in [-0.39, 0.29) is 7.85 Å². The van der Waals surface area contributed by atoms with Crippen molar-refractivity contribution < 1.29 is 8.42 Å². The van der Waals surface area contributed by atoms with Crippen molar-refractivity contribution in [3.8, 4) is 0 Å². The molecule has 0 N–H and O–H groups in total. The lowest BCUT2D eigenvalue weighted by Gasteiger charge is -2.31. The molecule has 0 radical (unpaired) electrons. The van der Waals surface area contributed by atoms with Gasteiger partial charge in [-0.1, -0.05) is 106 Å². The Morgan fingerprint density at radius 3 is 1.28 bits per heavy atom. The molecule has 0 aromatic heterocycles. The Morgan fingerprint density at radius 2 is 1.00 bits per heavy atom. The van der Waals surface area contributed by atoms with E-state index >= 15 is 0 Å². The van der Waals surface area contributed by atoms with Gasteiger partial charge >= 0.3 is 0 Å². The van der Waals surface area contributed by atoms with Crippen molar-refractivity contribution >= 4 is 55.0 Å². The van der Waals surface area contributed by atoms with E-state index in [1.54, 1.807) is 0 Å². The van der Waals surface area contributed by atoms with E-state index < -0.39 is 19.3 Å². The lowest BCUT2D eigenvalue weighted by molar-refractivity contribution is 0.554. The van der Waals surface area contributed by atoms with Gasteiger partial charge in [0.2, 0.25) is 0 Å². The topological polar surface area (TPSA) is 34.1 Å². The van der Waals surface area contributed by atoms with Crippen molar-refractivity contribution in [2.45, 2.75) is 43.0 Å². The van der Waals surface area contributed by atoms with Crippen LogP contribution in [0.4, 0.5) is 0 Å². The van der Waals surface area contributed by atoms with E-state index in [9.17, 15) is 8.42 Å². The highest BCUT2D eigenvalue weighted by Gasteiger charge is 2.71. The zero-order chi connectivity index (χ0) is 17.7. The van der Waals surface area contributed by atoms with Crippen LogP contribution in [0.25, 0.3) is 0 Å². The minimum absolute atomic E-state index is 0.0214. The lowest BCUT2D eigenvalue weighted by atomic mass is 10.1. The molecule has 0 heterocycles. The van der Waals surface area contributed by atoms with Crippen LogP contribution in [0.2, 0.25) is 0 Å². The fraction of sp³-hybridized carbons (Fsp3) is 0.400. The minimum atomic E-state index is -3.23. The van der Waals surface area contributed by atoms with E-state index in [1.807, 2.05) is 36.4 Å². The molecular weight excluding hydrogens is 558 g/mol. The van der Waals surface area contributed by atoms with Crippen molar-refractivity contribution in [1.29, 1.82) is 0 Å². The third-order valence-electron chi connectivity index (χ3n) is 5.66. The number of hydrogen-bond donors (Lipinski definition) is 0. The highest BCUT2D eigenvalue weighted by atomic mass is 127. The fourth-order valence-electron chi connectivity index (χ4n) is 3.82. The summed E-state index contributed by atoms with van der Waals surface area (Å²) >= 11 is 4.72. The molecule has 2 aromatic carbocycles. The summed E-state index contributed by atoms with van der Waals surface area (Å²) in [4.78, 5) is 0. The Balaban J connectivity index is 1.70. The minimum Gasteiger partial charge on any atom is -0.228 e. The molecule has 0 aliphatic heterocycles. The van der Waals surface area contributed by atoms with Crippen molar-refractivity contribution in [3.63, 3.8) is 0 Å². The monoisotopic (exact) mass is 578 g/mol. The molecule has 0 saturated heterocycles. The summed E-state index contributed by atoms with van der Waals surface area (Å²) in [5.74, 6) is 0. The molecule has 0 amide bonds. The predicted molar refractivity (Wildman–Crippen MR) is 119 cm³/mol. The smallest absolute Gasteiger partial charge is 0.164 e. The molecule has 0 bridgehead atoms. The van der Waals surface area contributed by atoms with Crippen LogP contribution in [0.3, 0.4) is 0 Å². The Hall–Kier alpha value is -0.150. The summed E-state index contributed by atoms with van der Waals surface area (Å²) in [6, 6.07) is 20.2. The molecule has 2 unspecified atom stereocenters. The highest BCUT2D eigenvalue weighted by molar-refractivity contribution is 14.1. The number of hydrogen-bond acceptors (Lipinski definition) is 2. The molecule has 132 valence electrons. The standard InChI is InChI=1S/C20H20I2O2S/c21-17(15-7-3-1-4-8-15)19(11-12-19)25(23,24)20(13-14-20)18(22)16-9-5-2-6-10-16/h1-10,17-18H,11-14H2. The first kappa shape index (κ1) is 18.2. The Kier molecular flexibility index (Phi) is 4.72. The number of benzene rings is 2. The number of sulfone groups is 1. The van der Waals surface area contributed by atoms with Gasteiger partial charge in [-0.2, -0.15) is 0 Å². The first-order valence-corrected chi connectivity index (χ1v) is 12.5. The maximum atomic E-state index is 13.8. The van der Waals surface area contributed by atoms with Crippen molar-refractivity contribution in [2.75, 3.05) is 0 Å². The second-order valence-electron chi connectivity index (χ2n) is 7.18. The van der Waals surface area contributed by atoms with Gasteiger partial charge in [0.15, 0.2) is 9.84 Å². The largest absolute Gasteiger partial charge is 0.228 e. The van der Waals surface area contributed by atoms with Crippen LogP contribution in [0.1, 0.15) is 44.7 Å². The second-order valence-corrected chi connectivity index (χ2v) is 12.3. The van der Waals surface area contributed by atoms with Gasteiger partial charge in [-0.15, -0.1) is 0 Å². The molecule has 5 heteroatoms. The maximum Gasteiger partial charge on any atom is 0.164 e. The summed E-state index contributed by atoms with van der Waals surface area (Å²) in [5.41, 5.74) is 2.26. The lowest BCUT2D eigenvalue weighted by Crippen LogP contribution is -2.40. The average molecular weight is 578 g/mol. The SMILES string of the molecule is O=S(=O)(C1(C(I)c2ccccc2)CC1)C1(C(I)c2ccccc2)CC1. The van der Waals surface area contributed by atoms with Gasteiger partial charge in [0.05, 0.1) is 17.3 Å². The van der Waals surface area contributed by atoms with Crippen LogP contribution in [-0.2, 0) is 9.84 Å². The molecule has 4 rings (SSSR count). The van der Waals surface area contributed by atoms with E-state index in [1.165, 1.54) is 0 Å². The van der Waals surface area contributed by atoms with Crippen molar-refractivity contribution in [3.05, 3.63) is 71.8 Å². The molecule has 2 nitrogen and oxygen atoms in total. The fourth-order valence-corrected chi connectivity index (χ4v) is 10.8. The van der Waals surface area contributed by atoms with Crippen molar-refractivity contribution in [1.82, 2.24) is 0 Å². The quantitative estimate of drug-likeness (QED) is 0.320. The first-order valence-electron chi connectivity index (χ1n) is 8.57. The maximum absolute atomic E-state index is 13.8. The molecule has 2 aromatic rings. The molecule has 2 aliphatic carbocycles. The van der Waals surface area contributed by atoms with Gasteiger partial charge < -0.3 is 0 Å². The second kappa shape index (κ2) is 6.48. The van der Waals surface area contributed by atoms with Crippen LogP contribution in [0.5, 0.6) is 0 Å². The van der Waals surface area contributed by atoms with Gasteiger partial charge in [0.25, 0.3) is 0 Å². The Morgan fingerprint density at radius 1 is 0.680 bits per heavy atom. The summed E-state index contributed by atoms with van der Waals surface area (Å²) in [6.45, 7) is 0. The van der Waals surface area contributed by atoms with Gasteiger partial charge in [0, 0.05) is 0 Å². The van der Waals surface area contributed by atoms with Gasteiger partial charge in [0.1, 0.15) is 0 Å². The van der Waals surface area contributed by atoms with Crippen molar-refractivity contribution in [2.24, 2.45) is 0 Å². The van der Waals surface area contributed by atoms with Gasteiger partial charge in [-0.25, -0.2) is 8.42 Å². The normalized spacial score (nSPS) is 22.8. The van der Waals surface area contributed by atoms with E-state index in [4.69, 9.17) is 0 Å². The molecule has 2 atom stereocenters. The van der Waals surface area contributed by atoms with Crippen LogP contribution in [0.15, 0.2) is 60.7 Å². The summed E-state index contributed by atoms with van der Waals surface area (Å²) in [7, 11) is -3.23. The van der Waals surface area contributed by atoms with E-state index in [2.05, 4.69) is 69.4 Å².